The van der Waals surface area contributed by atoms with Gasteiger partial charge in [0.2, 0.25) is 5.91 Å². The van der Waals surface area contributed by atoms with Crippen LogP contribution >= 0.6 is 24.8 Å². The highest BCUT2D eigenvalue weighted by Crippen LogP contribution is 2.19. The zero-order valence-corrected chi connectivity index (χ0v) is 16.4. The van der Waals surface area contributed by atoms with E-state index in [2.05, 4.69) is 10.2 Å². The second-order valence-electron chi connectivity index (χ2n) is 6.07. The number of benzene rings is 1. The van der Waals surface area contributed by atoms with Crippen LogP contribution < -0.4 is 15.8 Å². The Bertz CT molecular complexity index is 500. The third-order valence-electron chi connectivity index (χ3n) is 3.86. The molecular formula is C17H29Cl2N3O3. The lowest BCUT2D eigenvalue weighted by atomic mass is 10.1. The van der Waals surface area contributed by atoms with Crippen LogP contribution in [0.5, 0.6) is 5.75 Å². The number of rotatable bonds is 8. The average molecular weight is 394 g/mol. The maximum atomic E-state index is 12.0. The van der Waals surface area contributed by atoms with E-state index in [-0.39, 0.29) is 42.9 Å². The number of nitrogens with one attached hydrogen (secondary N) is 1. The van der Waals surface area contributed by atoms with Crippen molar-refractivity contribution in [2.75, 3.05) is 33.8 Å². The number of carbonyl (C=O) groups excluding carboxylic acids is 1. The highest BCUT2D eigenvalue weighted by Gasteiger charge is 2.29. The van der Waals surface area contributed by atoms with Crippen LogP contribution in [0.15, 0.2) is 24.3 Å². The van der Waals surface area contributed by atoms with Gasteiger partial charge < -0.3 is 25.4 Å². The molecule has 2 atom stereocenters. The molecule has 0 bridgehead atoms. The molecule has 1 heterocycles. The summed E-state index contributed by atoms with van der Waals surface area (Å²) in [6.45, 7) is 2.50. The molecule has 1 aliphatic heterocycles. The van der Waals surface area contributed by atoms with E-state index in [1.807, 2.05) is 38.4 Å². The van der Waals surface area contributed by atoms with Gasteiger partial charge in [0.1, 0.15) is 18.5 Å². The van der Waals surface area contributed by atoms with Crippen molar-refractivity contribution in [2.45, 2.75) is 31.6 Å². The molecule has 0 unspecified atom stereocenters. The van der Waals surface area contributed by atoms with Crippen LogP contribution in [0, 0.1) is 0 Å². The molecule has 0 aromatic heterocycles. The first-order chi connectivity index (χ1) is 11.1. The first-order valence-corrected chi connectivity index (χ1v) is 8.08. The fraction of sp³-hybridized carbons (Fsp3) is 0.588. The summed E-state index contributed by atoms with van der Waals surface area (Å²) in [5.41, 5.74) is 6.59. The molecule has 2 rings (SSSR count). The minimum atomic E-state index is -0.364. The first kappa shape index (κ1) is 23.9. The molecule has 1 aromatic rings. The molecule has 0 saturated carbocycles. The first-order valence-electron chi connectivity index (χ1n) is 8.08. The van der Waals surface area contributed by atoms with Crippen molar-refractivity contribution in [1.29, 1.82) is 0 Å². The second kappa shape index (κ2) is 12.3. The van der Waals surface area contributed by atoms with E-state index in [0.717, 1.165) is 30.7 Å². The summed E-state index contributed by atoms with van der Waals surface area (Å²) in [6, 6.07) is 7.77. The lowest BCUT2D eigenvalue weighted by Crippen LogP contribution is -2.35. The fourth-order valence-electron chi connectivity index (χ4n) is 2.42. The van der Waals surface area contributed by atoms with Crippen LogP contribution in [-0.4, -0.2) is 56.8 Å². The standard InChI is InChI=1S/C17H27N3O3.2ClH/c1-20(2)9-10-22-14-5-3-13(4-6-14)12-19-17(21)16-8-7-15(11-18)23-16;;/h3-6,15-16H,7-12,18H2,1-2H3,(H,19,21);2*1H/t15-,16+;;/m1../s1. The minimum absolute atomic E-state index is 0. The van der Waals surface area contributed by atoms with Crippen molar-refractivity contribution in [3.05, 3.63) is 29.8 Å². The molecule has 1 aromatic carbocycles. The average Bonchev–Trinajstić information content (AvgIpc) is 3.02. The zero-order valence-electron chi connectivity index (χ0n) is 14.8. The number of amides is 1. The number of ether oxygens (including phenoxy) is 2. The van der Waals surface area contributed by atoms with Gasteiger partial charge in [0, 0.05) is 19.6 Å². The van der Waals surface area contributed by atoms with Crippen molar-refractivity contribution in [3.63, 3.8) is 0 Å². The van der Waals surface area contributed by atoms with E-state index in [0.29, 0.717) is 19.7 Å². The molecule has 25 heavy (non-hydrogen) atoms. The lowest BCUT2D eigenvalue weighted by Gasteiger charge is -2.13. The maximum Gasteiger partial charge on any atom is 0.249 e. The number of hydrogen-bond donors (Lipinski definition) is 2. The molecular weight excluding hydrogens is 365 g/mol. The monoisotopic (exact) mass is 393 g/mol. The van der Waals surface area contributed by atoms with Crippen LogP contribution in [0.25, 0.3) is 0 Å². The number of nitrogens with zero attached hydrogens (tertiary/aromatic N) is 1. The summed E-state index contributed by atoms with van der Waals surface area (Å²) in [5, 5.41) is 2.91. The van der Waals surface area contributed by atoms with Gasteiger partial charge in [-0.1, -0.05) is 12.1 Å². The molecule has 0 radical (unpaired) electrons. The van der Waals surface area contributed by atoms with Crippen LogP contribution in [0.1, 0.15) is 18.4 Å². The minimum Gasteiger partial charge on any atom is -0.492 e. The van der Waals surface area contributed by atoms with Gasteiger partial charge in [0.05, 0.1) is 6.10 Å². The van der Waals surface area contributed by atoms with Gasteiger partial charge >= 0.3 is 0 Å². The SMILES string of the molecule is CN(C)CCOc1ccc(CNC(=O)[C@@H]2CC[C@H](CN)O2)cc1.Cl.Cl. The van der Waals surface area contributed by atoms with Crippen molar-refractivity contribution >= 4 is 30.7 Å². The lowest BCUT2D eigenvalue weighted by molar-refractivity contribution is -0.132. The molecule has 0 aliphatic carbocycles. The summed E-state index contributed by atoms with van der Waals surface area (Å²) >= 11 is 0. The summed E-state index contributed by atoms with van der Waals surface area (Å²) in [4.78, 5) is 14.1. The van der Waals surface area contributed by atoms with E-state index in [1.54, 1.807) is 0 Å². The Morgan fingerprint density at radius 1 is 1.28 bits per heavy atom. The van der Waals surface area contributed by atoms with Crippen molar-refractivity contribution < 1.29 is 14.3 Å². The fourth-order valence-corrected chi connectivity index (χ4v) is 2.42. The van der Waals surface area contributed by atoms with E-state index in [1.165, 1.54) is 0 Å². The van der Waals surface area contributed by atoms with Crippen molar-refractivity contribution in [2.24, 2.45) is 5.73 Å². The zero-order chi connectivity index (χ0) is 16.7. The van der Waals surface area contributed by atoms with Gasteiger partial charge in [-0.3, -0.25) is 4.79 Å². The molecule has 3 N–H and O–H groups in total. The van der Waals surface area contributed by atoms with E-state index >= 15 is 0 Å². The molecule has 144 valence electrons. The number of hydrogen-bond acceptors (Lipinski definition) is 5. The Labute approximate surface area is 162 Å². The summed E-state index contributed by atoms with van der Waals surface area (Å²) in [7, 11) is 4.03. The van der Waals surface area contributed by atoms with Crippen LogP contribution in [0.2, 0.25) is 0 Å². The largest absolute Gasteiger partial charge is 0.492 e. The smallest absolute Gasteiger partial charge is 0.249 e. The summed E-state index contributed by atoms with van der Waals surface area (Å²) in [6.07, 6.45) is 1.25. The molecule has 8 heteroatoms. The third kappa shape index (κ3) is 8.25. The van der Waals surface area contributed by atoms with Crippen LogP contribution in [0.3, 0.4) is 0 Å². The number of likely N-dealkylation sites (N-methyl/N-ethyl adjacent to an activating group) is 1. The Hall–Kier alpha value is -1.05. The van der Waals surface area contributed by atoms with Gasteiger partial charge in [-0.15, -0.1) is 24.8 Å². The molecule has 1 fully saturated rings. The van der Waals surface area contributed by atoms with Gasteiger partial charge in [-0.25, -0.2) is 0 Å². The van der Waals surface area contributed by atoms with Gasteiger partial charge in [-0.2, -0.15) is 0 Å². The quantitative estimate of drug-likeness (QED) is 0.701. The predicted molar refractivity (Wildman–Crippen MR) is 104 cm³/mol. The Balaban J connectivity index is 0.00000288. The summed E-state index contributed by atoms with van der Waals surface area (Å²) < 4.78 is 11.2. The summed E-state index contributed by atoms with van der Waals surface area (Å²) in [5.74, 6) is 0.777. The molecule has 6 nitrogen and oxygen atoms in total. The van der Waals surface area contributed by atoms with Gasteiger partial charge in [0.25, 0.3) is 0 Å². The Morgan fingerprint density at radius 3 is 2.52 bits per heavy atom. The molecule has 0 spiro atoms. The molecule has 1 aliphatic rings. The van der Waals surface area contributed by atoms with E-state index in [9.17, 15) is 4.79 Å². The normalized spacial score (nSPS) is 19.0. The molecule has 1 amide bonds. The second-order valence-corrected chi connectivity index (χ2v) is 6.07. The van der Waals surface area contributed by atoms with Crippen molar-refractivity contribution in [3.8, 4) is 5.75 Å². The van der Waals surface area contributed by atoms with Gasteiger partial charge in [0.15, 0.2) is 0 Å². The molecule has 1 saturated heterocycles. The predicted octanol–water partition coefficient (Wildman–Crippen LogP) is 1.59. The highest BCUT2D eigenvalue weighted by molar-refractivity contribution is 5.85. The Kier molecular flexibility index (Phi) is 11.8. The van der Waals surface area contributed by atoms with Crippen LogP contribution in [-0.2, 0) is 16.1 Å². The van der Waals surface area contributed by atoms with Gasteiger partial charge in [-0.05, 0) is 44.6 Å². The van der Waals surface area contributed by atoms with E-state index < -0.39 is 0 Å². The number of carbonyl (C=O) groups is 1. The number of halogens is 2. The topological polar surface area (TPSA) is 76.8 Å². The van der Waals surface area contributed by atoms with E-state index in [4.69, 9.17) is 15.2 Å². The third-order valence-corrected chi connectivity index (χ3v) is 3.86. The number of nitrogens with two attached hydrogens (primary N) is 1. The Morgan fingerprint density at radius 2 is 1.96 bits per heavy atom. The van der Waals surface area contributed by atoms with Crippen molar-refractivity contribution in [1.82, 2.24) is 10.2 Å². The highest BCUT2D eigenvalue weighted by atomic mass is 35.5. The van der Waals surface area contributed by atoms with Crippen LogP contribution in [0.4, 0.5) is 0 Å². The maximum absolute atomic E-state index is 12.0.